The number of hydrogen-bond acceptors (Lipinski definition) is 11. The monoisotopic (exact) mass is 608 g/mol. The molecule has 7 rings (SSSR count). The molecule has 2 saturated heterocycles. The lowest BCUT2D eigenvalue weighted by molar-refractivity contribution is -0.326. The van der Waals surface area contributed by atoms with E-state index < -0.39 is 0 Å². The molecule has 44 heavy (non-hydrogen) atoms. The molecule has 11 heteroatoms. The maximum absolute atomic E-state index is 13.4. The van der Waals surface area contributed by atoms with Gasteiger partial charge in [0, 0.05) is 25.3 Å². The van der Waals surface area contributed by atoms with Gasteiger partial charge in [-0.2, -0.15) is 0 Å². The van der Waals surface area contributed by atoms with E-state index in [2.05, 4.69) is 0 Å². The highest BCUT2D eigenvalue weighted by Crippen LogP contribution is 2.47. The van der Waals surface area contributed by atoms with Crippen molar-refractivity contribution in [2.24, 2.45) is 0 Å². The highest BCUT2D eigenvalue weighted by Gasteiger charge is 2.49. The van der Waals surface area contributed by atoms with Gasteiger partial charge in [0.25, 0.3) is 0 Å². The third kappa shape index (κ3) is 4.74. The van der Waals surface area contributed by atoms with Gasteiger partial charge in [0.05, 0.1) is 32.5 Å². The predicted molar refractivity (Wildman–Crippen MR) is 157 cm³/mol. The fourth-order valence-corrected chi connectivity index (χ4v) is 7.02. The molecule has 11 nitrogen and oxygen atoms in total. The van der Waals surface area contributed by atoms with Crippen molar-refractivity contribution in [3.63, 3.8) is 0 Å². The number of ether oxygens (including phenoxy) is 10. The summed E-state index contributed by atoms with van der Waals surface area (Å²) in [6.45, 7) is 2.58. The first kappa shape index (κ1) is 29.1. The third-order valence-electron chi connectivity index (χ3n) is 9.04. The molecule has 0 aliphatic carbocycles. The van der Waals surface area contributed by atoms with Gasteiger partial charge >= 0.3 is 5.97 Å². The number of fused-ring (bicyclic) bond motifs is 4. The molecule has 0 aromatic heterocycles. The largest absolute Gasteiger partial charge is 0.493 e. The Hall–Kier alpha value is -3.61. The Kier molecular flexibility index (Phi) is 7.75. The molecule has 3 aromatic carbocycles. The van der Waals surface area contributed by atoms with Crippen molar-refractivity contribution >= 4 is 16.7 Å². The van der Waals surface area contributed by atoms with E-state index in [4.69, 9.17) is 47.4 Å². The van der Waals surface area contributed by atoms with Crippen molar-refractivity contribution in [2.75, 3.05) is 41.8 Å². The van der Waals surface area contributed by atoms with Crippen molar-refractivity contribution in [1.29, 1.82) is 0 Å². The number of cyclic esters (lactones) is 1. The number of carbonyl (C=O) groups is 1. The van der Waals surface area contributed by atoms with Gasteiger partial charge in [-0.25, -0.2) is 4.79 Å². The lowest BCUT2D eigenvalue weighted by atomic mass is 9.84. The molecule has 6 unspecified atom stereocenters. The van der Waals surface area contributed by atoms with Crippen molar-refractivity contribution in [3.8, 4) is 34.1 Å². The fourth-order valence-electron chi connectivity index (χ4n) is 7.02. The first-order valence-corrected chi connectivity index (χ1v) is 14.7. The van der Waals surface area contributed by atoms with Gasteiger partial charge in [0.1, 0.15) is 31.0 Å². The number of esters is 1. The molecule has 4 heterocycles. The Balaban J connectivity index is 1.33. The minimum Gasteiger partial charge on any atom is -0.493 e. The topological polar surface area (TPSA) is 109 Å². The number of benzene rings is 3. The summed E-state index contributed by atoms with van der Waals surface area (Å²) in [5.41, 5.74) is 3.90. The lowest BCUT2D eigenvalue weighted by Crippen LogP contribution is -2.63. The van der Waals surface area contributed by atoms with Crippen molar-refractivity contribution in [1.82, 2.24) is 0 Å². The molecule has 0 N–H and O–H groups in total. The molecule has 4 aliphatic heterocycles. The zero-order chi connectivity index (χ0) is 30.5. The maximum atomic E-state index is 13.4. The first-order valence-electron chi connectivity index (χ1n) is 14.7. The lowest BCUT2D eigenvalue weighted by Gasteiger charge is -2.48. The zero-order valence-electron chi connectivity index (χ0n) is 25.4. The molecule has 0 amide bonds. The maximum Gasteiger partial charge on any atom is 0.339 e. The highest BCUT2D eigenvalue weighted by atomic mass is 16.7. The van der Waals surface area contributed by atoms with E-state index in [9.17, 15) is 4.79 Å². The van der Waals surface area contributed by atoms with Crippen LogP contribution in [0, 0.1) is 0 Å². The molecule has 0 radical (unpaired) electrons. The van der Waals surface area contributed by atoms with Gasteiger partial charge < -0.3 is 47.4 Å². The molecule has 234 valence electrons. The van der Waals surface area contributed by atoms with Crippen LogP contribution in [0.5, 0.6) is 23.0 Å². The molecule has 0 spiro atoms. The minimum atomic E-state index is -0.373. The molecular formula is C33H36O11. The summed E-state index contributed by atoms with van der Waals surface area (Å²) in [4.78, 5) is 13.4. The highest BCUT2D eigenvalue weighted by molar-refractivity contribution is 6.12. The smallest absolute Gasteiger partial charge is 0.339 e. The van der Waals surface area contributed by atoms with Crippen LogP contribution in [0.15, 0.2) is 30.3 Å². The fraction of sp³-hybridized carbons (Fsp3) is 0.485. The van der Waals surface area contributed by atoms with E-state index in [0.29, 0.717) is 48.0 Å². The minimum absolute atomic E-state index is 0.151. The quantitative estimate of drug-likeness (QED) is 0.339. The normalized spacial score (nSPS) is 27.2. The molecular weight excluding hydrogens is 572 g/mol. The Morgan fingerprint density at radius 3 is 2.34 bits per heavy atom. The van der Waals surface area contributed by atoms with Crippen LogP contribution < -0.4 is 18.9 Å². The number of methoxy groups -OCH3 is 4. The second-order valence-electron chi connectivity index (χ2n) is 11.3. The second-order valence-corrected chi connectivity index (χ2v) is 11.3. The molecule has 6 atom stereocenters. The SMILES string of the molecule is COc1cc2c(CCC3OC4COC(C)OC4C(OC)C3OC)c3c(c(-c4ccc5c(c4)OCO5)c2cc1OC)C(=O)OC3. The van der Waals surface area contributed by atoms with Gasteiger partial charge in [-0.15, -0.1) is 0 Å². The summed E-state index contributed by atoms with van der Waals surface area (Å²) in [7, 11) is 6.53. The summed E-state index contributed by atoms with van der Waals surface area (Å²) in [5, 5.41) is 1.76. The summed E-state index contributed by atoms with van der Waals surface area (Å²) < 4.78 is 58.5. The van der Waals surface area contributed by atoms with Gasteiger partial charge in [-0.1, -0.05) is 6.07 Å². The average molecular weight is 609 g/mol. The van der Waals surface area contributed by atoms with Crippen LogP contribution in [0.3, 0.4) is 0 Å². The van der Waals surface area contributed by atoms with E-state index >= 15 is 0 Å². The van der Waals surface area contributed by atoms with Crippen LogP contribution in [-0.2, 0) is 41.4 Å². The Bertz CT molecular complexity index is 1590. The standard InChI is InChI=1S/C33H36O11/c1-16-39-14-27-31(43-16)32(38-5)30(37-4)23(44-27)9-7-18-19-11-24(35-2)25(36-3)12-20(19)28(29-21(18)13-40-33(29)34)17-6-8-22-26(10-17)42-15-41-22/h6,8,10-12,16,23,27,30-32H,7,9,13-15H2,1-5H3. The van der Waals surface area contributed by atoms with Crippen LogP contribution >= 0.6 is 0 Å². The number of carbonyl (C=O) groups excluding carboxylic acids is 1. The van der Waals surface area contributed by atoms with E-state index in [1.807, 2.05) is 37.3 Å². The van der Waals surface area contributed by atoms with E-state index in [-0.39, 0.29) is 56.2 Å². The van der Waals surface area contributed by atoms with Crippen LogP contribution in [0.25, 0.3) is 21.9 Å². The first-order chi connectivity index (χ1) is 21.4. The van der Waals surface area contributed by atoms with E-state index in [0.717, 1.165) is 33.0 Å². The molecule has 4 aliphatic rings. The van der Waals surface area contributed by atoms with Gasteiger partial charge in [0.2, 0.25) is 6.79 Å². The van der Waals surface area contributed by atoms with Crippen LogP contribution in [0.1, 0.15) is 34.8 Å². The Morgan fingerprint density at radius 2 is 1.59 bits per heavy atom. The van der Waals surface area contributed by atoms with E-state index in [1.165, 1.54) is 0 Å². The zero-order valence-corrected chi connectivity index (χ0v) is 25.4. The second kappa shape index (κ2) is 11.7. The van der Waals surface area contributed by atoms with Crippen LogP contribution in [0.4, 0.5) is 0 Å². The number of hydrogen-bond donors (Lipinski definition) is 0. The summed E-state index contributed by atoms with van der Waals surface area (Å²) in [6.07, 6.45) is -0.812. The summed E-state index contributed by atoms with van der Waals surface area (Å²) in [6, 6.07) is 9.57. The van der Waals surface area contributed by atoms with Gasteiger partial charge in [-0.3, -0.25) is 0 Å². The average Bonchev–Trinajstić information content (AvgIpc) is 3.67. The Morgan fingerprint density at radius 1 is 0.841 bits per heavy atom. The van der Waals surface area contributed by atoms with Crippen molar-refractivity contribution < 1.29 is 52.2 Å². The predicted octanol–water partition coefficient (Wildman–Crippen LogP) is 4.41. The summed E-state index contributed by atoms with van der Waals surface area (Å²) >= 11 is 0. The van der Waals surface area contributed by atoms with E-state index in [1.54, 1.807) is 28.4 Å². The van der Waals surface area contributed by atoms with Crippen molar-refractivity contribution in [2.45, 2.75) is 63.2 Å². The molecule has 0 bridgehead atoms. The van der Waals surface area contributed by atoms with Crippen molar-refractivity contribution in [3.05, 3.63) is 47.0 Å². The molecule has 3 aromatic rings. The van der Waals surface area contributed by atoms with Gasteiger partial charge in [-0.05, 0) is 65.9 Å². The molecule has 0 saturated carbocycles. The number of aryl methyl sites for hydroxylation is 1. The van der Waals surface area contributed by atoms with Crippen LogP contribution in [0.2, 0.25) is 0 Å². The van der Waals surface area contributed by atoms with Crippen LogP contribution in [-0.4, -0.2) is 84.6 Å². The number of rotatable bonds is 8. The Labute approximate surface area is 255 Å². The summed E-state index contributed by atoms with van der Waals surface area (Å²) in [5.74, 6) is 2.04. The third-order valence-corrected chi connectivity index (χ3v) is 9.04. The van der Waals surface area contributed by atoms with Gasteiger partial charge in [0.15, 0.2) is 29.3 Å². The molecule has 2 fully saturated rings.